The molecular weight excluding hydrogens is 322 g/mol. The van der Waals surface area contributed by atoms with E-state index >= 15 is 0 Å². The Hall–Kier alpha value is -0.620. The van der Waals surface area contributed by atoms with E-state index in [0.717, 1.165) is 12.5 Å². The number of anilines is 1. The average Bonchev–Trinajstić information content (AvgIpc) is 3.04. The molecule has 0 bridgehead atoms. The molecule has 6 heteroatoms. The van der Waals surface area contributed by atoms with Crippen molar-refractivity contribution >= 4 is 38.5 Å². The van der Waals surface area contributed by atoms with Crippen LogP contribution in [-0.4, -0.2) is 17.0 Å². The quantitative estimate of drug-likeness (QED) is 0.884. The first-order chi connectivity index (χ1) is 8.63. The minimum absolute atomic E-state index is 0.124. The van der Waals surface area contributed by atoms with Crippen LogP contribution in [0.1, 0.15) is 12.8 Å². The molecule has 1 aliphatic heterocycles. The maximum atomic E-state index is 13.6. The summed E-state index contributed by atoms with van der Waals surface area (Å²) in [5, 5.41) is 3.86. The van der Waals surface area contributed by atoms with Crippen molar-refractivity contribution in [2.45, 2.75) is 18.1 Å². The van der Waals surface area contributed by atoms with Gasteiger partial charge in [-0.3, -0.25) is 4.99 Å². The fourth-order valence-electron chi connectivity index (χ4n) is 1.94. The molecule has 0 saturated heterocycles. The molecule has 96 valence electrons. The lowest BCUT2D eigenvalue weighted by Crippen LogP contribution is -2.11. The van der Waals surface area contributed by atoms with E-state index in [1.807, 2.05) is 0 Å². The number of rotatable bonds is 2. The summed E-state index contributed by atoms with van der Waals surface area (Å²) in [6.45, 7) is 0.747. The topological polar surface area (TPSA) is 24.4 Å². The van der Waals surface area contributed by atoms with E-state index in [9.17, 15) is 8.78 Å². The molecule has 1 unspecified atom stereocenters. The molecule has 0 spiro atoms. The van der Waals surface area contributed by atoms with Crippen LogP contribution in [0.5, 0.6) is 0 Å². The van der Waals surface area contributed by atoms with Crippen LogP contribution in [0, 0.1) is 17.6 Å². The smallest absolute Gasteiger partial charge is 0.161 e. The first-order valence-electron chi connectivity index (χ1n) is 5.76. The third-order valence-corrected chi connectivity index (χ3v) is 4.81. The molecule has 1 saturated carbocycles. The molecular formula is C12H11BrF2N2S. The van der Waals surface area contributed by atoms with Crippen LogP contribution in [0.3, 0.4) is 0 Å². The summed E-state index contributed by atoms with van der Waals surface area (Å²) in [5.74, 6) is -0.488. The number of halogens is 3. The van der Waals surface area contributed by atoms with Crippen molar-refractivity contribution in [3.63, 3.8) is 0 Å². The minimum Gasteiger partial charge on any atom is -0.330 e. The SMILES string of the molecule is Fc1cc(Br)cc(F)c1NC1=NCC(C2CC2)S1. The predicted molar refractivity (Wildman–Crippen MR) is 74.1 cm³/mol. The lowest BCUT2D eigenvalue weighted by atomic mass is 10.3. The van der Waals surface area contributed by atoms with Gasteiger partial charge in [-0.2, -0.15) is 0 Å². The van der Waals surface area contributed by atoms with Crippen molar-refractivity contribution in [1.82, 2.24) is 0 Å². The zero-order chi connectivity index (χ0) is 12.7. The van der Waals surface area contributed by atoms with E-state index < -0.39 is 11.6 Å². The summed E-state index contributed by atoms with van der Waals surface area (Å²) >= 11 is 4.65. The van der Waals surface area contributed by atoms with Crippen LogP contribution in [0.4, 0.5) is 14.5 Å². The van der Waals surface area contributed by atoms with Gasteiger partial charge in [-0.25, -0.2) is 8.78 Å². The second-order valence-corrected chi connectivity index (χ2v) is 6.65. The monoisotopic (exact) mass is 332 g/mol. The largest absolute Gasteiger partial charge is 0.330 e. The van der Waals surface area contributed by atoms with Crippen LogP contribution in [0.2, 0.25) is 0 Å². The summed E-state index contributed by atoms with van der Waals surface area (Å²) in [5.41, 5.74) is -0.124. The number of benzene rings is 1. The molecule has 1 aliphatic carbocycles. The second kappa shape index (κ2) is 4.81. The molecule has 1 atom stereocenters. The highest BCUT2D eigenvalue weighted by Crippen LogP contribution is 2.42. The van der Waals surface area contributed by atoms with Crippen molar-refractivity contribution in [1.29, 1.82) is 0 Å². The average molecular weight is 333 g/mol. The van der Waals surface area contributed by atoms with E-state index in [4.69, 9.17) is 0 Å². The number of nitrogens with one attached hydrogen (secondary N) is 1. The Morgan fingerprint density at radius 2 is 1.94 bits per heavy atom. The van der Waals surface area contributed by atoms with E-state index in [-0.39, 0.29) is 5.69 Å². The second-order valence-electron chi connectivity index (χ2n) is 4.51. The highest BCUT2D eigenvalue weighted by Gasteiger charge is 2.35. The van der Waals surface area contributed by atoms with Crippen molar-refractivity contribution < 1.29 is 8.78 Å². The Balaban J connectivity index is 1.73. The van der Waals surface area contributed by atoms with Gasteiger partial charge in [-0.1, -0.05) is 27.7 Å². The Bertz CT molecular complexity index is 494. The molecule has 0 radical (unpaired) electrons. The number of amidine groups is 1. The minimum atomic E-state index is -0.611. The molecule has 0 aromatic heterocycles. The van der Waals surface area contributed by atoms with Crippen LogP contribution < -0.4 is 5.32 Å². The number of hydrogen-bond acceptors (Lipinski definition) is 3. The van der Waals surface area contributed by atoms with Gasteiger partial charge in [-0.05, 0) is 30.9 Å². The van der Waals surface area contributed by atoms with Gasteiger partial charge in [0.2, 0.25) is 0 Å². The summed E-state index contributed by atoms with van der Waals surface area (Å²) in [4.78, 5) is 4.30. The normalized spacial score (nSPS) is 23.1. The van der Waals surface area contributed by atoms with Crippen LogP contribution in [0.25, 0.3) is 0 Å². The lowest BCUT2D eigenvalue weighted by molar-refractivity contribution is 0.590. The summed E-state index contributed by atoms with van der Waals surface area (Å²) < 4.78 is 27.7. The third kappa shape index (κ3) is 2.54. The van der Waals surface area contributed by atoms with Crippen molar-refractivity contribution in [2.75, 3.05) is 11.9 Å². The Morgan fingerprint density at radius 3 is 2.56 bits per heavy atom. The fourth-order valence-corrected chi connectivity index (χ4v) is 3.55. The van der Waals surface area contributed by atoms with Crippen molar-refractivity contribution in [3.05, 3.63) is 28.2 Å². The Kier molecular flexibility index (Phi) is 3.32. The standard InChI is InChI=1S/C12H11BrF2N2S/c13-7-3-8(14)11(9(15)4-7)17-12-16-5-10(18-12)6-1-2-6/h3-4,6,10H,1-2,5H2,(H,16,17). The zero-order valence-electron chi connectivity index (χ0n) is 9.42. The highest BCUT2D eigenvalue weighted by atomic mass is 79.9. The fraction of sp³-hybridized carbons (Fsp3) is 0.417. The molecule has 0 amide bonds. The van der Waals surface area contributed by atoms with Crippen molar-refractivity contribution in [3.8, 4) is 0 Å². The van der Waals surface area contributed by atoms with Gasteiger partial charge in [0, 0.05) is 9.72 Å². The van der Waals surface area contributed by atoms with Gasteiger partial charge >= 0.3 is 0 Å². The number of nitrogens with zero attached hydrogens (tertiary/aromatic N) is 1. The highest BCUT2D eigenvalue weighted by molar-refractivity contribution is 9.10. The summed E-state index contributed by atoms with van der Waals surface area (Å²) in [6.07, 6.45) is 2.50. The molecule has 1 fully saturated rings. The number of aliphatic imine (C=N–C) groups is 1. The summed E-state index contributed by atoms with van der Waals surface area (Å²) in [6, 6.07) is 2.48. The van der Waals surface area contributed by atoms with E-state index in [1.165, 1.54) is 25.0 Å². The molecule has 2 aliphatic rings. The van der Waals surface area contributed by atoms with Gasteiger partial charge in [0.15, 0.2) is 16.8 Å². The van der Waals surface area contributed by atoms with Gasteiger partial charge in [0.1, 0.15) is 5.69 Å². The van der Waals surface area contributed by atoms with Gasteiger partial charge in [0.05, 0.1) is 6.54 Å². The Labute approximate surface area is 116 Å². The third-order valence-electron chi connectivity index (χ3n) is 3.06. The first kappa shape index (κ1) is 12.4. The molecule has 1 aromatic carbocycles. The van der Waals surface area contributed by atoms with Gasteiger partial charge < -0.3 is 5.32 Å². The lowest BCUT2D eigenvalue weighted by Gasteiger charge is -2.09. The van der Waals surface area contributed by atoms with Crippen molar-refractivity contribution in [2.24, 2.45) is 10.9 Å². The molecule has 1 heterocycles. The first-order valence-corrected chi connectivity index (χ1v) is 7.43. The van der Waals surface area contributed by atoms with E-state index in [0.29, 0.717) is 14.9 Å². The van der Waals surface area contributed by atoms with E-state index in [2.05, 4.69) is 26.2 Å². The molecule has 1 aromatic rings. The predicted octanol–water partition coefficient (Wildman–Crippen LogP) is 4.02. The molecule has 3 rings (SSSR count). The van der Waals surface area contributed by atoms with Crippen LogP contribution in [0.15, 0.2) is 21.6 Å². The van der Waals surface area contributed by atoms with Crippen LogP contribution >= 0.6 is 27.7 Å². The van der Waals surface area contributed by atoms with Crippen LogP contribution in [-0.2, 0) is 0 Å². The number of thioether (sulfide) groups is 1. The Morgan fingerprint density at radius 1 is 1.28 bits per heavy atom. The van der Waals surface area contributed by atoms with Gasteiger partial charge in [0.25, 0.3) is 0 Å². The zero-order valence-corrected chi connectivity index (χ0v) is 11.8. The molecule has 2 nitrogen and oxygen atoms in total. The van der Waals surface area contributed by atoms with Gasteiger partial charge in [-0.15, -0.1) is 0 Å². The molecule has 18 heavy (non-hydrogen) atoms. The summed E-state index contributed by atoms with van der Waals surface area (Å²) in [7, 11) is 0. The molecule has 1 N–H and O–H groups in total. The number of hydrogen-bond donors (Lipinski definition) is 1. The maximum Gasteiger partial charge on any atom is 0.161 e. The maximum absolute atomic E-state index is 13.6. The van der Waals surface area contributed by atoms with E-state index in [1.54, 1.807) is 11.8 Å².